The van der Waals surface area contributed by atoms with E-state index in [2.05, 4.69) is 10.6 Å². The Kier molecular flexibility index (Phi) is 4.61. The number of carbonyl (C=O) groups is 2. The predicted molar refractivity (Wildman–Crippen MR) is 75.4 cm³/mol. The molecule has 0 radical (unpaired) electrons. The van der Waals surface area contributed by atoms with Gasteiger partial charge in [0, 0.05) is 13.0 Å². The van der Waals surface area contributed by atoms with Gasteiger partial charge < -0.3 is 15.4 Å². The molecule has 0 spiro atoms. The molecule has 5 nitrogen and oxygen atoms in total. The number of ether oxygens (including phenoxy) is 1. The summed E-state index contributed by atoms with van der Waals surface area (Å²) in [5.41, 5.74) is 2.07. The Labute approximate surface area is 118 Å². The summed E-state index contributed by atoms with van der Waals surface area (Å²) in [5.74, 6) is 0.690. The lowest BCUT2D eigenvalue weighted by Crippen LogP contribution is -2.41. The van der Waals surface area contributed by atoms with Crippen molar-refractivity contribution < 1.29 is 14.3 Å². The highest BCUT2D eigenvalue weighted by molar-refractivity contribution is 5.90. The highest BCUT2D eigenvalue weighted by Crippen LogP contribution is 2.19. The summed E-state index contributed by atoms with van der Waals surface area (Å²) >= 11 is 0. The zero-order valence-electron chi connectivity index (χ0n) is 11.9. The number of benzene rings is 1. The first-order valence-electron chi connectivity index (χ1n) is 6.89. The highest BCUT2D eigenvalue weighted by Gasteiger charge is 2.26. The van der Waals surface area contributed by atoms with Crippen LogP contribution < -0.4 is 15.4 Å². The van der Waals surface area contributed by atoms with Crippen molar-refractivity contribution in [2.24, 2.45) is 0 Å². The third-order valence-electron chi connectivity index (χ3n) is 3.32. The first-order chi connectivity index (χ1) is 9.60. The van der Waals surface area contributed by atoms with Gasteiger partial charge in [0.05, 0.1) is 6.61 Å². The Bertz CT molecular complexity index is 514. The van der Waals surface area contributed by atoms with Gasteiger partial charge in [-0.05, 0) is 37.5 Å². The first kappa shape index (κ1) is 14.4. The van der Waals surface area contributed by atoms with Gasteiger partial charge in [-0.15, -0.1) is 0 Å². The van der Waals surface area contributed by atoms with E-state index in [0.717, 1.165) is 16.9 Å². The zero-order valence-corrected chi connectivity index (χ0v) is 11.9. The molecule has 108 valence electrons. The van der Waals surface area contributed by atoms with E-state index in [1.165, 1.54) is 0 Å². The fourth-order valence-corrected chi connectivity index (χ4v) is 2.26. The number of carbonyl (C=O) groups excluding carboxylic acids is 2. The maximum absolute atomic E-state index is 11.9. The monoisotopic (exact) mass is 276 g/mol. The Balaban J connectivity index is 1.89. The Morgan fingerprint density at radius 3 is 2.90 bits per heavy atom. The van der Waals surface area contributed by atoms with Crippen molar-refractivity contribution in [2.75, 3.05) is 6.61 Å². The first-order valence-corrected chi connectivity index (χ1v) is 6.89. The lowest BCUT2D eigenvalue weighted by molar-refractivity contribution is -0.125. The Morgan fingerprint density at radius 2 is 2.30 bits per heavy atom. The summed E-state index contributed by atoms with van der Waals surface area (Å²) in [6.45, 7) is 5.02. The van der Waals surface area contributed by atoms with Crippen molar-refractivity contribution in [1.29, 1.82) is 0 Å². The zero-order chi connectivity index (χ0) is 14.5. The third-order valence-corrected chi connectivity index (χ3v) is 3.32. The average molecular weight is 276 g/mol. The maximum atomic E-state index is 11.9. The SMILES string of the molecule is CCOc1ccc(CNC(=O)C2CCC(=O)N2)cc1C. The number of hydrogen-bond acceptors (Lipinski definition) is 3. The molecular formula is C15H20N2O3. The van der Waals surface area contributed by atoms with Gasteiger partial charge >= 0.3 is 0 Å². The molecule has 1 atom stereocenters. The molecule has 0 saturated carbocycles. The van der Waals surface area contributed by atoms with E-state index in [-0.39, 0.29) is 17.9 Å². The van der Waals surface area contributed by atoms with Crippen LogP contribution in [0.25, 0.3) is 0 Å². The van der Waals surface area contributed by atoms with Gasteiger partial charge in [-0.25, -0.2) is 0 Å². The molecule has 0 aromatic heterocycles. The number of amides is 2. The second kappa shape index (κ2) is 6.41. The van der Waals surface area contributed by atoms with Crippen molar-refractivity contribution in [3.8, 4) is 5.75 Å². The lowest BCUT2D eigenvalue weighted by atomic mass is 10.1. The summed E-state index contributed by atoms with van der Waals surface area (Å²) in [4.78, 5) is 22.9. The van der Waals surface area contributed by atoms with Gasteiger partial charge in [0.1, 0.15) is 11.8 Å². The van der Waals surface area contributed by atoms with E-state index in [1.54, 1.807) is 0 Å². The van der Waals surface area contributed by atoms with E-state index < -0.39 is 0 Å². The summed E-state index contributed by atoms with van der Waals surface area (Å²) in [7, 11) is 0. The molecule has 0 aliphatic carbocycles. The minimum absolute atomic E-state index is 0.0536. The molecule has 1 aliphatic heterocycles. The largest absolute Gasteiger partial charge is 0.494 e. The molecule has 1 aliphatic rings. The predicted octanol–water partition coefficient (Wildman–Crippen LogP) is 1.29. The standard InChI is InChI=1S/C15H20N2O3/c1-3-20-13-6-4-11(8-10(13)2)9-16-15(19)12-5-7-14(18)17-12/h4,6,8,12H,3,5,7,9H2,1-2H3,(H,16,19)(H,17,18). The summed E-state index contributed by atoms with van der Waals surface area (Å²) in [6, 6.07) is 5.47. The Hall–Kier alpha value is -2.04. The molecule has 1 unspecified atom stereocenters. The van der Waals surface area contributed by atoms with Crippen LogP contribution in [0.1, 0.15) is 30.9 Å². The fourth-order valence-electron chi connectivity index (χ4n) is 2.26. The van der Waals surface area contributed by atoms with Crippen molar-refractivity contribution in [3.05, 3.63) is 29.3 Å². The topological polar surface area (TPSA) is 67.4 Å². The van der Waals surface area contributed by atoms with Crippen molar-refractivity contribution in [3.63, 3.8) is 0 Å². The second-order valence-electron chi connectivity index (χ2n) is 4.91. The third kappa shape index (κ3) is 3.50. The molecule has 1 saturated heterocycles. The molecule has 1 aromatic rings. The van der Waals surface area contributed by atoms with Crippen LogP contribution in [0.4, 0.5) is 0 Å². The number of aryl methyl sites for hydroxylation is 1. The van der Waals surface area contributed by atoms with Crippen LogP contribution in [0.15, 0.2) is 18.2 Å². The Morgan fingerprint density at radius 1 is 1.50 bits per heavy atom. The number of hydrogen-bond donors (Lipinski definition) is 2. The summed E-state index contributed by atoms with van der Waals surface area (Å²) in [5, 5.41) is 5.50. The summed E-state index contributed by atoms with van der Waals surface area (Å²) < 4.78 is 5.48. The number of rotatable bonds is 5. The van der Waals surface area contributed by atoms with Crippen molar-refractivity contribution in [1.82, 2.24) is 10.6 Å². The molecule has 1 fully saturated rings. The van der Waals surface area contributed by atoms with E-state index in [9.17, 15) is 9.59 Å². The van der Waals surface area contributed by atoms with Gasteiger partial charge in [-0.3, -0.25) is 9.59 Å². The van der Waals surface area contributed by atoms with Gasteiger partial charge in [0.25, 0.3) is 0 Å². The average Bonchev–Trinajstić information content (AvgIpc) is 2.86. The maximum Gasteiger partial charge on any atom is 0.242 e. The van der Waals surface area contributed by atoms with Gasteiger partial charge in [0.2, 0.25) is 11.8 Å². The highest BCUT2D eigenvalue weighted by atomic mass is 16.5. The minimum Gasteiger partial charge on any atom is -0.494 e. The molecular weight excluding hydrogens is 256 g/mol. The lowest BCUT2D eigenvalue weighted by Gasteiger charge is -2.12. The molecule has 20 heavy (non-hydrogen) atoms. The molecule has 2 N–H and O–H groups in total. The van der Waals surface area contributed by atoms with Crippen LogP contribution in [0, 0.1) is 6.92 Å². The van der Waals surface area contributed by atoms with Gasteiger partial charge in [-0.2, -0.15) is 0 Å². The quantitative estimate of drug-likeness (QED) is 0.851. The van der Waals surface area contributed by atoms with Crippen LogP contribution in [-0.2, 0) is 16.1 Å². The van der Waals surface area contributed by atoms with Gasteiger partial charge in [-0.1, -0.05) is 12.1 Å². The van der Waals surface area contributed by atoms with E-state index in [1.807, 2.05) is 32.0 Å². The smallest absolute Gasteiger partial charge is 0.242 e. The molecule has 1 heterocycles. The fraction of sp³-hybridized carbons (Fsp3) is 0.467. The number of nitrogens with one attached hydrogen (secondary N) is 2. The van der Waals surface area contributed by atoms with E-state index >= 15 is 0 Å². The normalized spacial score (nSPS) is 17.7. The molecule has 1 aromatic carbocycles. The molecule has 5 heteroatoms. The molecule has 2 amide bonds. The molecule has 0 bridgehead atoms. The van der Waals surface area contributed by atoms with Crippen LogP contribution in [0.5, 0.6) is 5.75 Å². The van der Waals surface area contributed by atoms with Gasteiger partial charge in [0.15, 0.2) is 0 Å². The van der Waals surface area contributed by atoms with Crippen molar-refractivity contribution >= 4 is 11.8 Å². The van der Waals surface area contributed by atoms with Crippen LogP contribution >= 0.6 is 0 Å². The van der Waals surface area contributed by atoms with Crippen LogP contribution in [0.3, 0.4) is 0 Å². The van der Waals surface area contributed by atoms with Crippen molar-refractivity contribution in [2.45, 2.75) is 39.3 Å². The van der Waals surface area contributed by atoms with Crippen LogP contribution in [-0.4, -0.2) is 24.5 Å². The molecule has 2 rings (SSSR count). The van der Waals surface area contributed by atoms with E-state index in [0.29, 0.717) is 26.0 Å². The van der Waals surface area contributed by atoms with E-state index in [4.69, 9.17) is 4.74 Å². The minimum atomic E-state index is -0.383. The summed E-state index contributed by atoms with van der Waals surface area (Å²) in [6.07, 6.45) is 1.01. The van der Waals surface area contributed by atoms with Crippen LogP contribution in [0.2, 0.25) is 0 Å². The second-order valence-corrected chi connectivity index (χ2v) is 4.91.